The van der Waals surface area contributed by atoms with Gasteiger partial charge in [0.25, 0.3) is 0 Å². The number of pyridine rings is 1. The maximum atomic E-state index is 12.8. The van der Waals surface area contributed by atoms with Crippen molar-refractivity contribution in [1.29, 1.82) is 0 Å². The molecule has 3 aromatic rings. The predicted molar refractivity (Wildman–Crippen MR) is 139 cm³/mol. The first kappa shape index (κ1) is 24.7. The second kappa shape index (κ2) is 10.3. The number of ether oxygens (including phenoxy) is 3. The Morgan fingerprint density at radius 1 is 1.05 bits per heavy atom. The number of amides is 3. The average molecular weight is 531 g/mol. The second-order valence-corrected chi connectivity index (χ2v) is 9.45. The number of cyclic esters (lactones) is 1. The minimum atomic E-state index is -0.619. The lowest BCUT2D eigenvalue weighted by Gasteiger charge is -2.33. The highest BCUT2D eigenvalue weighted by molar-refractivity contribution is 5.97. The van der Waals surface area contributed by atoms with E-state index in [0.717, 1.165) is 16.7 Å². The van der Waals surface area contributed by atoms with Crippen LogP contribution < -0.4 is 14.5 Å². The first-order valence-corrected chi connectivity index (χ1v) is 12.6. The van der Waals surface area contributed by atoms with Gasteiger partial charge in [-0.1, -0.05) is 36.4 Å². The summed E-state index contributed by atoms with van der Waals surface area (Å²) in [6.45, 7) is 0.658. The maximum Gasteiger partial charge on any atom is 0.415 e. The van der Waals surface area contributed by atoms with Gasteiger partial charge in [0.2, 0.25) is 5.91 Å². The number of aliphatic hydroxyl groups excluding tert-OH is 1. The number of fused-ring (bicyclic) bond motifs is 3. The van der Waals surface area contributed by atoms with Crippen molar-refractivity contribution in [1.82, 2.24) is 9.88 Å². The number of nitrogens with zero attached hydrogens (tertiary/aromatic N) is 4. The Balaban J connectivity index is 1.10. The van der Waals surface area contributed by atoms with Gasteiger partial charge >= 0.3 is 12.2 Å². The van der Waals surface area contributed by atoms with Crippen LogP contribution in [0.4, 0.5) is 21.1 Å². The monoisotopic (exact) mass is 530 g/mol. The molecule has 0 bridgehead atoms. The topological polar surface area (TPSA) is 122 Å². The molecule has 11 nitrogen and oxygen atoms in total. The van der Waals surface area contributed by atoms with Crippen LogP contribution >= 0.6 is 0 Å². The summed E-state index contributed by atoms with van der Waals surface area (Å²) in [5.74, 6) is 0.787. The summed E-state index contributed by atoms with van der Waals surface area (Å²) >= 11 is 0. The number of carbonyl (C=O) groups is 3. The first-order chi connectivity index (χ1) is 19.0. The molecular formula is C28H26N4O7. The average Bonchev–Trinajstić information content (AvgIpc) is 3.32. The van der Waals surface area contributed by atoms with Crippen LogP contribution in [0, 0.1) is 0 Å². The zero-order chi connectivity index (χ0) is 26.9. The molecule has 4 heterocycles. The third-order valence-electron chi connectivity index (χ3n) is 7.06. The van der Waals surface area contributed by atoms with E-state index in [1.165, 1.54) is 9.80 Å². The van der Waals surface area contributed by atoms with E-state index < -0.39 is 18.3 Å². The van der Waals surface area contributed by atoms with Crippen LogP contribution in [0.3, 0.4) is 0 Å². The van der Waals surface area contributed by atoms with Gasteiger partial charge in [-0.3, -0.25) is 19.5 Å². The fraction of sp³-hybridized carbons (Fsp3) is 0.286. The molecule has 2 fully saturated rings. The zero-order valence-corrected chi connectivity index (χ0v) is 20.9. The van der Waals surface area contributed by atoms with E-state index in [9.17, 15) is 19.5 Å². The molecule has 0 saturated carbocycles. The van der Waals surface area contributed by atoms with Crippen LogP contribution in [0.15, 0.2) is 66.9 Å². The summed E-state index contributed by atoms with van der Waals surface area (Å²) in [6.07, 6.45) is 0.0240. The molecule has 0 spiro atoms. The van der Waals surface area contributed by atoms with Crippen LogP contribution in [-0.2, 0) is 20.9 Å². The standard InChI is InChI=1S/C28H26N4O7/c33-15-24-22-17-37-23-12-19(6-8-21(23)32(22)28(36)39-24)20-7-9-25(29-13-20)31-11-10-30(14-26(31)34)27(35)38-16-18-4-2-1-3-5-18/h1-9,12-13,22,24,33H,10-11,14-17H2/t22-,24-/m0/s1. The SMILES string of the molecule is O=C(OCc1ccccc1)N1CCN(c2ccc(-c3ccc4c(c3)OC[C@H]3[C@H](CO)OC(=O)N43)cn2)C(=O)C1. The van der Waals surface area contributed by atoms with Gasteiger partial charge in [0.05, 0.1) is 12.3 Å². The minimum absolute atomic E-state index is 0.0870. The third kappa shape index (κ3) is 4.72. The molecular weight excluding hydrogens is 504 g/mol. The van der Waals surface area contributed by atoms with E-state index in [-0.39, 0.29) is 38.3 Å². The van der Waals surface area contributed by atoms with Crippen molar-refractivity contribution >= 4 is 29.6 Å². The van der Waals surface area contributed by atoms with Gasteiger partial charge in [-0.05, 0) is 35.4 Å². The van der Waals surface area contributed by atoms with Gasteiger partial charge in [-0.2, -0.15) is 0 Å². The lowest BCUT2D eigenvalue weighted by Crippen LogP contribution is -2.52. The summed E-state index contributed by atoms with van der Waals surface area (Å²) in [4.78, 5) is 46.6. The number of anilines is 2. The maximum absolute atomic E-state index is 12.8. The minimum Gasteiger partial charge on any atom is -0.489 e. The van der Waals surface area contributed by atoms with Gasteiger partial charge in [-0.15, -0.1) is 0 Å². The number of aromatic nitrogens is 1. The molecule has 3 aliphatic heterocycles. The van der Waals surface area contributed by atoms with Gasteiger partial charge in [-0.25, -0.2) is 14.6 Å². The highest BCUT2D eigenvalue weighted by atomic mass is 16.6. The fourth-order valence-corrected chi connectivity index (χ4v) is 4.97. The van der Waals surface area contributed by atoms with E-state index in [1.54, 1.807) is 23.2 Å². The Labute approximate surface area is 224 Å². The number of carbonyl (C=O) groups excluding carboxylic acids is 3. The molecule has 6 rings (SSSR count). The molecule has 11 heteroatoms. The van der Waals surface area contributed by atoms with E-state index in [1.807, 2.05) is 48.5 Å². The zero-order valence-electron chi connectivity index (χ0n) is 20.9. The lowest BCUT2D eigenvalue weighted by atomic mass is 10.0. The molecule has 200 valence electrons. The highest BCUT2D eigenvalue weighted by Crippen LogP contribution is 2.41. The van der Waals surface area contributed by atoms with E-state index >= 15 is 0 Å². The molecule has 2 atom stereocenters. The molecule has 3 amide bonds. The molecule has 1 aromatic heterocycles. The Kier molecular flexibility index (Phi) is 6.49. The van der Waals surface area contributed by atoms with Crippen LogP contribution in [0.25, 0.3) is 11.1 Å². The number of piperazine rings is 1. The summed E-state index contributed by atoms with van der Waals surface area (Å²) < 4.78 is 16.5. The van der Waals surface area contributed by atoms with Crippen LogP contribution in [0.1, 0.15) is 5.56 Å². The molecule has 39 heavy (non-hydrogen) atoms. The molecule has 2 aromatic carbocycles. The third-order valence-corrected chi connectivity index (χ3v) is 7.06. The van der Waals surface area contributed by atoms with E-state index in [4.69, 9.17) is 14.2 Å². The normalized spacial score (nSPS) is 20.2. The number of aliphatic hydroxyl groups is 1. The van der Waals surface area contributed by atoms with Crippen LogP contribution in [0.5, 0.6) is 5.75 Å². The summed E-state index contributed by atoms with van der Waals surface area (Å²) in [5.41, 5.74) is 3.10. The first-order valence-electron chi connectivity index (χ1n) is 12.6. The predicted octanol–water partition coefficient (Wildman–Crippen LogP) is 2.81. The van der Waals surface area contributed by atoms with Crippen molar-refractivity contribution < 1.29 is 33.7 Å². The van der Waals surface area contributed by atoms with Crippen molar-refractivity contribution in [3.05, 3.63) is 72.4 Å². The van der Waals surface area contributed by atoms with Crippen LogP contribution in [0.2, 0.25) is 0 Å². The number of benzene rings is 2. The molecule has 0 aliphatic carbocycles. The number of hydrogen-bond acceptors (Lipinski definition) is 8. The molecule has 0 unspecified atom stereocenters. The van der Waals surface area contributed by atoms with Crippen molar-refractivity contribution in [2.75, 3.05) is 42.6 Å². The number of rotatable bonds is 5. The molecule has 2 saturated heterocycles. The van der Waals surface area contributed by atoms with Crippen LogP contribution in [-0.4, -0.2) is 78.1 Å². The molecule has 0 radical (unpaired) electrons. The Morgan fingerprint density at radius 2 is 1.87 bits per heavy atom. The largest absolute Gasteiger partial charge is 0.489 e. The Bertz CT molecular complexity index is 1400. The van der Waals surface area contributed by atoms with Crippen molar-refractivity contribution in [2.45, 2.75) is 18.8 Å². The quantitative estimate of drug-likeness (QED) is 0.535. The summed E-state index contributed by atoms with van der Waals surface area (Å²) in [5, 5.41) is 9.48. The van der Waals surface area contributed by atoms with Crippen molar-refractivity contribution in [2.24, 2.45) is 0 Å². The van der Waals surface area contributed by atoms with E-state index in [0.29, 0.717) is 30.3 Å². The Morgan fingerprint density at radius 3 is 2.62 bits per heavy atom. The van der Waals surface area contributed by atoms with Gasteiger partial charge < -0.3 is 19.3 Å². The fourth-order valence-electron chi connectivity index (χ4n) is 4.97. The lowest BCUT2D eigenvalue weighted by molar-refractivity contribution is -0.121. The highest BCUT2D eigenvalue weighted by Gasteiger charge is 2.46. The number of hydrogen-bond donors (Lipinski definition) is 1. The smallest absolute Gasteiger partial charge is 0.415 e. The van der Waals surface area contributed by atoms with Gasteiger partial charge in [0.1, 0.15) is 37.4 Å². The van der Waals surface area contributed by atoms with Crippen molar-refractivity contribution in [3.8, 4) is 16.9 Å². The Hall–Kier alpha value is -4.64. The van der Waals surface area contributed by atoms with Gasteiger partial charge in [0.15, 0.2) is 6.10 Å². The second-order valence-electron chi connectivity index (χ2n) is 9.45. The van der Waals surface area contributed by atoms with Crippen molar-refractivity contribution in [3.63, 3.8) is 0 Å². The molecule has 3 aliphatic rings. The van der Waals surface area contributed by atoms with Gasteiger partial charge in [0, 0.05) is 24.8 Å². The summed E-state index contributed by atoms with van der Waals surface area (Å²) in [6, 6.07) is 18.1. The molecule has 1 N–H and O–H groups in total. The van der Waals surface area contributed by atoms with E-state index in [2.05, 4.69) is 4.98 Å². The summed E-state index contributed by atoms with van der Waals surface area (Å²) in [7, 11) is 0.